The Morgan fingerprint density at radius 3 is 2.81 bits per heavy atom. The van der Waals surface area contributed by atoms with Gasteiger partial charge in [-0.15, -0.1) is 0 Å². The Kier molecular flexibility index (Phi) is 7.80. The minimum Gasteiger partial charge on any atom is -0.481 e. The first-order valence-electron chi connectivity index (χ1n) is 8.16. The van der Waals surface area contributed by atoms with Crippen LogP contribution in [-0.2, 0) is 16.1 Å². The summed E-state index contributed by atoms with van der Waals surface area (Å²) in [6.45, 7) is 5.38. The number of methoxy groups -OCH3 is 1. The molecular formula is C19H21N5O3. The van der Waals surface area contributed by atoms with Crippen LogP contribution < -0.4 is 10.1 Å². The van der Waals surface area contributed by atoms with Crippen molar-refractivity contribution < 1.29 is 14.3 Å². The van der Waals surface area contributed by atoms with E-state index in [-0.39, 0.29) is 19.1 Å². The van der Waals surface area contributed by atoms with Gasteiger partial charge in [0.15, 0.2) is 5.84 Å². The second kappa shape index (κ2) is 10.6. The van der Waals surface area contributed by atoms with Gasteiger partial charge in [0, 0.05) is 18.5 Å². The lowest BCUT2D eigenvalue weighted by Crippen LogP contribution is -2.26. The summed E-state index contributed by atoms with van der Waals surface area (Å²) in [7, 11) is 1.54. The number of amides is 1. The van der Waals surface area contributed by atoms with E-state index in [1.165, 1.54) is 7.11 Å². The maximum Gasteiger partial charge on any atom is 0.251 e. The first-order chi connectivity index (χ1) is 13.2. The Bertz CT molecular complexity index is 834. The van der Waals surface area contributed by atoms with Crippen molar-refractivity contribution in [1.29, 1.82) is 0 Å². The molecule has 2 rings (SSSR count). The fraction of sp³-hybridized carbons (Fsp3) is 0.211. The zero-order valence-corrected chi connectivity index (χ0v) is 15.3. The summed E-state index contributed by atoms with van der Waals surface area (Å²) in [6, 6.07) is 8.90. The number of pyridine rings is 2. The quantitative estimate of drug-likeness (QED) is 0.569. The first kappa shape index (κ1) is 19.9. The van der Waals surface area contributed by atoms with E-state index < -0.39 is 0 Å². The predicted octanol–water partition coefficient (Wildman–Crippen LogP) is 2.13. The number of nitrogens with zero attached hydrogens (tertiary/aromatic N) is 4. The largest absolute Gasteiger partial charge is 0.481 e. The van der Waals surface area contributed by atoms with E-state index in [1.807, 2.05) is 6.07 Å². The average molecular weight is 367 g/mol. The lowest BCUT2D eigenvalue weighted by molar-refractivity contribution is -0.125. The van der Waals surface area contributed by atoms with Crippen LogP contribution in [0, 0.1) is 0 Å². The van der Waals surface area contributed by atoms with E-state index >= 15 is 0 Å². The lowest BCUT2D eigenvalue weighted by atomic mass is 10.3. The highest BCUT2D eigenvalue weighted by Gasteiger charge is 2.07. The van der Waals surface area contributed by atoms with Crippen molar-refractivity contribution in [3.05, 3.63) is 65.9 Å². The van der Waals surface area contributed by atoms with E-state index in [1.54, 1.807) is 49.7 Å². The minimum atomic E-state index is -0.336. The summed E-state index contributed by atoms with van der Waals surface area (Å²) in [6.07, 6.45) is 4.90. The maximum absolute atomic E-state index is 12.1. The molecule has 0 fully saturated rings. The number of aromatic nitrogens is 2. The number of hydrogen-bond acceptors (Lipinski definition) is 6. The molecule has 1 N–H and O–H groups in total. The molecule has 2 heterocycles. The Balaban J connectivity index is 1.91. The number of ether oxygens (including phenoxy) is 2. The van der Waals surface area contributed by atoms with Crippen LogP contribution >= 0.6 is 0 Å². The Hall–Kier alpha value is -3.39. The zero-order chi connectivity index (χ0) is 19.5. The lowest BCUT2D eigenvalue weighted by Gasteiger charge is -2.08. The van der Waals surface area contributed by atoms with Gasteiger partial charge in [-0.1, -0.05) is 6.07 Å². The molecule has 0 aliphatic heterocycles. The highest BCUT2D eigenvalue weighted by molar-refractivity contribution is 6.00. The third-order valence-electron chi connectivity index (χ3n) is 3.32. The van der Waals surface area contributed by atoms with E-state index in [0.717, 1.165) is 5.56 Å². The number of carbonyl (C=O) groups excluding carboxylic acids is 1. The number of amidine groups is 1. The summed E-state index contributed by atoms with van der Waals surface area (Å²) in [5.41, 5.74) is 1.41. The van der Waals surface area contributed by atoms with Crippen LogP contribution in [0.2, 0.25) is 0 Å². The fourth-order valence-corrected chi connectivity index (χ4v) is 2.04. The molecule has 8 heteroatoms. The summed E-state index contributed by atoms with van der Waals surface area (Å²) < 4.78 is 10.5. The SMILES string of the molecule is C=N/C(=N\C(=C/C)NC(=O)COCc1ccnc(OC)c1)c1ccccn1. The predicted molar refractivity (Wildman–Crippen MR) is 103 cm³/mol. The molecular weight excluding hydrogens is 346 g/mol. The van der Waals surface area contributed by atoms with Crippen LogP contribution in [-0.4, -0.2) is 42.1 Å². The molecule has 0 aliphatic carbocycles. The van der Waals surface area contributed by atoms with Crippen molar-refractivity contribution in [1.82, 2.24) is 15.3 Å². The molecule has 0 radical (unpaired) electrons. The highest BCUT2D eigenvalue weighted by Crippen LogP contribution is 2.09. The summed E-state index contributed by atoms with van der Waals surface area (Å²) in [5, 5.41) is 2.67. The number of nitrogens with one attached hydrogen (secondary N) is 1. The first-order valence-corrected chi connectivity index (χ1v) is 8.16. The van der Waals surface area contributed by atoms with Crippen molar-refractivity contribution in [3.63, 3.8) is 0 Å². The summed E-state index contributed by atoms with van der Waals surface area (Å²) in [5.74, 6) is 0.804. The van der Waals surface area contributed by atoms with Gasteiger partial charge in [0.05, 0.1) is 13.7 Å². The fourth-order valence-electron chi connectivity index (χ4n) is 2.04. The molecule has 0 aliphatic rings. The van der Waals surface area contributed by atoms with Crippen LogP contribution in [0.1, 0.15) is 18.2 Å². The standard InChI is InChI=1S/C19H21N5O3/c1-4-16(24-19(20-2)15-7-5-6-9-21-15)23-17(25)13-27-12-14-8-10-22-18(11-14)26-3/h4-11H,2,12-13H2,1,3H3,(H,23,25)/b16-4-,24-19-. The topological polar surface area (TPSA) is 98.1 Å². The van der Waals surface area contributed by atoms with Crippen molar-refractivity contribution in [2.45, 2.75) is 13.5 Å². The molecule has 0 saturated heterocycles. The molecule has 0 aromatic carbocycles. The smallest absolute Gasteiger partial charge is 0.251 e. The van der Waals surface area contributed by atoms with Crippen molar-refractivity contribution in [2.24, 2.45) is 9.98 Å². The molecule has 2 aromatic rings. The van der Waals surface area contributed by atoms with Crippen LogP contribution in [0.25, 0.3) is 0 Å². The Morgan fingerprint density at radius 1 is 1.30 bits per heavy atom. The van der Waals surface area contributed by atoms with E-state index in [9.17, 15) is 4.79 Å². The molecule has 140 valence electrons. The van der Waals surface area contributed by atoms with Crippen molar-refractivity contribution >= 4 is 18.5 Å². The normalized spacial score (nSPS) is 11.8. The maximum atomic E-state index is 12.1. The van der Waals surface area contributed by atoms with Gasteiger partial charge in [-0.3, -0.25) is 9.78 Å². The van der Waals surface area contributed by atoms with Gasteiger partial charge < -0.3 is 14.8 Å². The number of carbonyl (C=O) groups is 1. The van der Waals surface area contributed by atoms with Gasteiger partial charge >= 0.3 is 0 Å². The second-order valence-corrected chi connectivity index (χ2v) is 5.23. The molecule has 0 spiro atoms. The molecule has 0 saturated carbocycles. The summed E-state index contributed by atoms with van der Waals surface area (Å²) >= 11 is 0. The van der Waals surface area contributed by atoms with Crippen LogP contribution in [0.5, 0.6) is 5.88 Å². The average Bonchev–Trinajstić information content (AvgIpc) is 2.71. The van der Waals surface area contributed by atoms with Gasteiger partial charge in [0.2, 0.25) is 5.88 Å². The molecule has 2 aromatic heterocycles. The van der Waals surface area contributed by atoms with Gasteiger partial charge in [-0.2, -0.15) is 0 Å². The second-order valence-electron chi connectivity index (χ2n) is 5.23. The van der Waals surface area contributed by atoms with Gasteiger partial charge in [0.1, 0.15) is 18.1 Å². The monoisotopic (exact) mass is 367 g/mol. The van der Waals surface area contributed by atoms with Crippen LogP contribution in [0.3, 0.4) is 0 Å². The minimum absolute atomic E-state index is 0.127. The Labute approximate surface area is 157 Å². The number of rotatable bonds is 8. The highest BCUT2D eigenvalue weighted by atomic mass is 16.5. The Morgan fingerprint density at radius 2 is 2.15 bits per heavy atom. The third kappa shape index (κ3) is 6.44. The van der Waals surface area contributed by atoms with Crippen LogP contribution in [0.15, 0.2) is 64.6 Å². The van der Waals surface area contributed by atoms with Gasteiger partial charge in [-0.25, -0.2) is 15.0 Å². The molecule has 27 heavy (non-hydrogen) atoms. The van der Waals surface area contributed by atoms with E-state index in [0.29, 0.717) is 23.2 Å². The van der Waals surface area contributed by atoms with Crippen molar-refractivity contribution in [2.75, 3.05) is 13.7 Å². The van der Waals surface area contributed by atoms with E-state index in [2.05, 4.69) is 32.0 Å². The zero-order valence-electron chi connectivity index (χ0n) is 15.3. The molecule has 8 nitrogen and oxygen atoms in total. The molecule has 1 amide bonds. The summed E-state index contributed by atoms with van der Waals surface area (Å²) in [4.78, 5) is 28.4. The third-order valence-corrected chi connectivity index (χ3v) is 3.32. The van der Waals surface area contributed by atoms with E-state index in [4.69, 9.17) is 9.47 Å². The molecule has 0 atom stereocenters. The van der Waals surface area contributed by atoms with Crippen LogP contribution in [0.4, 0.5) is 0 Å². The van der Waals surface area contributed by atoms with Gasteiger partial charge in [0.25, 0.3) is 5.91 Å². The van der Waals surface area contributed by atoms with Crippen molar-refractivity contribution in [3.8, 4) is 5.88 Å². The van der Waals surface area contributed by atoms with Gasteiger partial charge in [-0.05, 0) is 43.5 Å². The number of aliphatic imine (C=N–C) groups is 2. The number of hydrogen-bond donors (Lipinski definition) is 1. The molecule has 0 bridgehead atoms. The number of allylic oxidation sites excluding steroid dienone is 1. The molecule has 0 unspecified atom stereocenters.